The summed E-state index contributed by atoms with van der Waals surface area (Å²) in [6.07, 6.45) is 8.70. The van der Waals surface area contributed by atoms with Gasteiger partial charge in [-0.25, -0.2) is 0 Å². The third-order valence-corrected chi connectivity index (χ3v) is 5.53. The van der Waals surface area contributed by atoms with Gasteiger partial charge in [0.25, 0.3) is 0 Å². The van der Waals surface area contributed by atoms with Crippen LogP contribution in [0.15, 0.2) is 36.0 Å². The van der Waals surface area contributed by atoms with Crippen LogP contribution >= 0.6 is 0 Å². The fourth-order valence-corrected chi connectivity index (χ4v) is 4.12. The second kappa shape index (κ2) is 7.64. The lowest BCUT2D eigenvalue weighted by atomic mass is 9.93. The highest BCUT2D eigenvalue weighted by Crippen LogP contribution is 2.43. The van der Waals surface area contributed by atoms with Crippen LogP contribution in [0.3, 0.4) is 0 Å². The number of hydrogen-bond donors (Lipinski definition) is 0. The standard InChI is InChI=1S/C21H35N/c1-7-9-10-18-12-19-13-22(14-20(19)17(18)6)21(11-15(3)4)16(5)8-2/h12,15,19-21H,5-11,13-14H2,1-4H3/t19?,20?,21-/m0/s1. The number of nitrogens with zero attached hydrogens (tertiary/aromatic N) is 1. The summed E-state index contributed by atoms with van der Waals surface area (Å²) in [4.78, 5) is 2.69. The van der Waals surface area contributed by atoms with Crippen molar-refractivity contribution >= 4 is 0 Å². The molecule has 1 fully saturated rings. The van der Waals surface area contributed by atoms with Gasteiger partial charge in [-0.15, -0.1) is 0 Å². The van der Waals surface area contributed by atoms with E-state index in [-0.39, 0.29) is 0 Å². The Bertz CT molecular complexity index is 443. The van der Waals surface area contributed by atoms with E-state index in [9.17, 15) is 0 Å². The molecule has 0 aromatic rings. The van der Waals surface area contributed by atoms with Crippen LogP contribution in [0.25, 0.3) is 0 Å². The highest BCUT2D eigenvalue weighted by Gasteiger charge is 2.40. The van der Waals surface area contributed by atoms with Crippen LogP contribution in [0.1, 0.15) is 59.8 Å². The average Bonchev–Trinajstić information content (AvgIpc) is 3.01. The summed E-state index contributed by atoms with van der Waals surface area (Å²) < 4.78 is 0. The fourth-order valence-electron chi connectivity index (χ4n) is 4.12. The second-order valence-electron chi connectivity index (χ2n) is 7.70. The van der Waals surface area contributed by atoms with Gasteiger partial charge >= 0.3 is 0 Å². The van der Waals surface area contributed by atoms with Gasteiger partial charge in [-0.3, -0.25) is 4.90 Å². The molecule has 0 amide bonds. The van der Waals surface area contributed by atoms with Crippen LogP contribution in [0, 0.1) is 17.8 Å². The minimum atomic E-state index is 0.566. The van der Waals surface area contributed by atoms with Gasteiger partial charge in [0.1, 0.15) is 0 Å². The summed E-state index contributed by atoms with van der Waals surface area (Å²) in [7, 11) is 0. The van der Waals surface area contributed by atoms with E-state index in [1.165, 1.54) is 49.9 Å². The Kier molecular flexibility index (Phi) is 6.09. The Hall–Kier alpha value is -0.820. The van der Waals surface area contributed by atoms with Crippen molar-refractivity contribution in [3.05, 3.63) is 36.0 Å². The van der Waals surface area contributed by atoms with Crippen LogP contribution in [0.2, 0.25) is 0 Å². The van der Waals surface area contributed by atoms with Gasteiger partial charge < -0.3 is 0 Å². The summed E-state index contributed by atoms with van der Waals surface area (Å²) in [6, 6.07) is 0.566. The van der Waals surface area contributed by atoms with Gasteiger partial charge in [0.05, 0.1) is 0 Å². The van der Waals surface area contributed by atoms with Crippen molar-refractivity contribution in [2.75, 3.05) is 13.1 Å². The molecular weight excluding hydrogens is 266 g/mol. The predicted octanol–water partition coefficient (Wildman–Crippen LogP) is 5.60. The summed E-state index contributed by atoms with van der Waals surface area (Å²) in [6.45, 7) is 20.4. The Morgan fingerprint density at radius 1 is 1.32 bits per heavy atom. The monoisotopic (exact) mass is 301 g/mol. The molecule has 2 aliphatic rings. The average molecular weight is 302 g/mol. The van der Waals surface area contributed by atoms with Gasteiger partial charge in [0.15, 0.2) is 0 Å². The van der Waals surface area contributed by atoms with E-state index in [1.54, 1.807) is 5.57 Å². The van der Waals surface area contributed by atoms with E-state index in [1.807, 2.05) is 0 Å². The molecule has 0 bridgehead atoms. The number of unbranched alkanes of at least 4 members (excludes halogenated alkanes) is 1. The van der Waals surface area contributed by atoms with Crippen molar-refractivity contribution in [3.8, 4) is 0 Å². The van der Waals surface area contributed by atoms with E-state index in [0.29, 0.717) is 17.9 Å². The van der Waals surface area contributed by atoms with E-state index >= 15 is 0 Å². The molecule has 1 aliphatic carbocycles. The van der Waals surface area contributed by atoms with Gasteiger partial charge in [-0.2, -0.15) is 0 Å². The van der Waals surface area contributed by atoms with Gasteiger partial charge in [-0.05, 0) is 48.7 Å². The Morgan fingerprint density at radius 2 is 2.05 bits per heavy atom. The quantitative estimate of drug-likeness (QED) is 0.527. The second-order valence-corrected chi connectivity index (χ2v) is 7.70. The third-order valence-electron chi connectivity index (χ3n) is 5.53. The third kappa shape index (κ3) is 3.74. The Labute approximate surface area is 138 Å². The Morgan fingerprint density at radius 3 is 2.59 bits per heavy atom. The maximum Gasteiger partial charge on any atom is 0.0307 e. The first-order valence-corrected chi connectivity index (χ1v) is 9.29. The molecule has 1 saturated heterocycles. The van der Waals surface area contributed by atoms with E-state index in [2.05, 4.69) is 51.8 Å². The lowest BCUT2D eigenvalue weighted by Crippen LogP contribution is -2.36. The molecule has 3 atom stereocenters. The molecule has 2 rings (SSSR count). The van der Waals surface area contributed by atoms with Crippen molar-refractivity contribution in [2.45, 2.75) is 65.8 Å². The minimum Gasteiger partial charge on any atom is -0.295 e. The molecule has 0 aromatic heterocycles. The number of hydrogen-bond acceptors (Lipinski definition) is 1. The van der Waals surface area contributed by atoms with E-state index in [4.69, 9.17) is 0 Å². The lowest BCUT2D eigenvalue weighted by Gasteiger charge is -2.31. The number of allylic oxidation sites excluding steroid dienone is 1. The SMILES string of the molecule is C=C1C(CCCC)=CC2CN([C@@H](CC(C)C)C(=C)CC)CC12. The van der Waals surface area contributed by atoms with Crippen molar-refractivity contribution < 1.29 is 0 Å². The molecule has 0 N–H and O–H groups in total. The first-order valence-electron chi connectivity index (χ1n) is 9.29. The lowest BCUT2D eigenvalue weighted by molar-refractivity contribution is 0.231. The first-order chi connectivity index (χ1) is 10.5. The smallest absolute Gasteiger partial charge is 0.0307 e. The Balaban J connectivity index is 2.04. The molecule has 0 saturated carbocycles. The molecular formula is C21H35N. The van der Waals surface area contributed by atoms with Crippen LogP contribution in [-0.4, -0.2) is 24.0 Å². The van der Waals surface area contributed by atoms with Crippen LogP contribution in [0.4, 0.5) is 0 Å². The summed E-state index contributed by atoms with van der Waals surface area (Å²) in [5.74, 6) is 2.11. The molecule has 1 heteroatoms. The molecule has 0 aromatic carbocycles. The molecule has 1 nitrogen and oxygen atoms in total. The van der Waals surface area contributed by atoms with Gasteiger partial charge in [-0.1, -0.05) is 58.9 Å². The van der Waals surface area contributed by atoms with Crippen LogP contribution < -0.4 is 0 Å². The largest absolute Gasteiger partial charge is 0.295 e. The van der Waals surface area contributed by atoms with E-state index < -0.39 is 0 Å². The van der Waals surface area contributed by atoms with Gasteiger partial charge in [0.2, 0.25) is 0 Å². The molecule has 1 aliphatic heterocycles. The zero-order valence-electron chi connectivity index (χ0n) is 15.2. The maximum atomic E-state index is 4.43. The molecule has 0 radical (unpaired) electrons. The molecule has 124 valence electrons. The zero-order valence-corrected chi connectivity index (χ0v) is 15.2. The number of likely N-dealkylation sites (tertiary alicyclic amines) is 1. The fraction of sp³-hybridized carbons (Fsp3) is 0.714. The summed E-state index contributed by atoms with van der Waals surface area (Å²) in [5.41, 5.74) is 4.41. The predicted molar refractivity (Wildman–Crippen MR) is 98.0 cm³/mol. The van der Waals surface area contributed by atoms with Crippen molar-refractivity contribution in [3.63, 3.8) is 0 Å². The highest BCUT2D eigenvalue weighted by molar-refractivity contribution is 5.40. The van der Waals surface area contributed by atoms with Gasteiger partial charge in [0, 0.05) is 25.0 Å². The normalized spacial score (nSPS) is 26.4. The number of rotatable bonds is 8. The highest BCUT2D eigenvalue weighted by atomic mass is 15.2. The van der Waals surface area contributed by atoms with Crippen molar-refractivity contribution in [1.29, 1.82) is 0 Å². The minimum absolute atomic E-state index is 0.566. The molecule has 2 unspecified atom stereocenters. The maximum absolute atomic E-state index is 4.43. The molecule has 0 spiro atoms. The summed E-state index contributed by atoms with van der Waals surface area (Å²) in [5, 5.41) is 0. The first kappa shape index (κ1) is 17.5. The van der Waals surface area contributed by atoms with Crippen molar-refractivity contribution in [2.24, 2.45) is 17.8 Å². The zero-order chi connectivity index (χ0) is 16.3. The van der Waals surface area contributed by atoms with Crippen molar-refractivity contribution in [1.82, 2.24) is 4.90 Å². The molecule has 1 heterocycles. The summed E-state index contributed by atoms with van der Waals surface area (Å²) >= 11 is 0. The van der Waals surface area contributed by atoms with E-state index in [0.717, 1.165) is 12.3 Å². The number of fused-ring (bicyclic) bond motifs is 1. The topological polar surface area (TPSA) is 3.24 Å². The van der Waals surface area contributed by atoms with Crippen LogP contribution in [0.5, 0.6) is 0 Å². The van der Waals surface area contributed by atoms with Crippen LogP contribution in [-0.2, 0) is 0 Å². The molecule has 22 heavy (non-hydrogen) atoms.